The fourth-order valence-corrected chi connectivity index (χ4v) is 2.50. The smallest absolute Gasteiger partial charge is 0.124 e. The maximum Gasteiger partial charge on any atom is 0.124 e. The molecule has 3 rings (SSSR count). The van der Waals surface area contributed by atoms with E-state index in [1.807, 2.05) is 62.4 Å². The molecule has 3 aromatic carbocycles. The Hall–Kier alpha value is -3.40. The van der Waals surface area contributed by atoms with Crippen LogP contribution in [0.25, 0.3) is 0 Å². The molecule has 0 aliphatic rings. The van der Waals surface area contributed by atoms with Gasteiger partial charge in [-0.3, -0.25) is 9.98 Å². The number of phenols is 2. The topological polar surface area (TPSA) is 65.2 Å². The maximum absolute atomic E-state index is 9.89. The van der Waals surface area contributed by atoms with Gasteiger partial charge < -0.3 is 10.2 Å². The number of hydrogen-bond acceptors (Lipinski definition) is 4. The first kappa shape index (κ1) is 17.4. The Morgan fingerprint density at radius 2 is 1.12 bits per heavy atom. The first-order valence-corrected chi connectivity index (χ1v) is 8.29. The molecule has 0 bridgehead atoms. The summed E-state index contributed by atoms with van der Waals surface area (Å²) >= 11 is 0. The second-order valence-electron chi connectivity index (χ2n) is 6.16. The minimum Gasteiger partial charge on any atom is -0.507 e. The number of aromatic hydroxyl groups is 2. The Morgan fingerprint density at radius 3 is 1.58 bits per heavy atom. The minimum atomic E-state index is 0.198. The van der Waals surface area contributed by atoms with Gasteiger partial charge in [-0.25, -0.2) is 0 Å². The van der Waals surface area contributed by atoms with E-state index in [-0.39, 0.29) is 11.5 Å². The number of aryl methyl sites for hydroxylation is 2. The zero-order chi connectivity index (χ0) is 18.5. The minimum absolute atomic E-state index is 0.198. The van der Waals surface area contributed by atoms with Crippen molar-refractivity contribution in [1.29, 1.82) is 0 Å². The van der Waals surface area contributed by atoms with Crippen LogP contribution in [0, 0.1) is 13.8 Å². The van der Waals surface area contributed by atoms with Crippen molar-refractivity contribution in [3.63, 3.8) is 0 Å². The Labute approximate surface area is 152 Å². The molecule has 4 heteroatoms. The zero-order valence-corrected chi connectivity index (χ0v) is 14.7. The highest BCUT2D eigenvalue weighted by atomic mass is 16.3. The van der Waals surface area contributed by atoms with E-state index in [9.17, 15) is 10.2 Å². The summed E-state index contributed by atoms with van der Waals surface area (Å²) in [5.41, 5.74) is 4.91. The Kier molecular flexibility index (Phi) is 5.13. The highest BCUT2D eigenvalue weighted by Crippen LogP contribution is 2.23. The average molecular weight is 344 g/mol. The monoisotopic (exact) mass is 344 g/mol. The first-order valence-electron chi connectivity index (χ1n) is 8.29. The van der Waals surface area contributed by atoms with E-state index in [1.54, 1.807) is 24.6 Å². The lowest BCUT2D eigenvalue weighted by Gasteiger charge is -2.01. The van der Waals surface area contributed by atoms with Crippen molar-refractivity contribution in [1.82, 2.24) is 0 Å². The molecule has 0 fully saturated rings. The van der Waals surface area contributed by atoms with Crippen molar-refractivity contribution >= 4 is 23.8 Å². The SMILES string of the molecule is Cc1ccc(O)c(C=Nc2cccc(N=Cc3cc(C)ccc3O)c2)c1. The number of aliphatic imine (C=N–C) groups is 2. The molecule has 0 unspecified atom stereocenters. The van der Waals surface area contributed by atoms with Gasteiger partial charge in [-0.05, 0) is 56.3 Å². The van der Waals surface area contributed by atoms with Crippen LogP contribution in [-0.4, -0.2) is 22.6 Å². The third kappa shape index (κ3) is 4.36. The maximum atomic E-state index is 9.89. The van der Waals surface area contributed by atoms with Crippen molar-refractivity contribution in [3.8, 4) is 11.5 Å². The molecule has 2 N–H and O–H groups in total. The van der Waals surface area contributed by atoms with Gasteiger partial charge in [0.05, 0.1) is 11.4 Å². The molecule has 0 amide bonds. The van der Waals surface area contributed by atoms with E-state index < -0.39 is 0 Å². The Balaban J connectivity index is 1.82. The van der Waals surface area contributed by atoms with E-state index in [0.29, 0.717) is 11.1 Å². The molecule has 0 saturated carbocycles. The third-order valence-electron chi connectivity index (χ3n) is 3.90. The normalized spacial score (nSPS) is 11.5. The summed E-state index contributed by atoms with van der Waals surface area (Å²) < 4.78 is 0. The van der Waals surface area contributed by atoms with Gasteiger partial charge in [0.25, 0.3) is 0 Å². The van der Waals surface area contributed by atoms with Gasteiger partial charge in [0.1, 0.15) is 11.5 Å². The molecule has 26 heavy (non-hydrogen) atoms. The van der Waals surface area contributed by atoms with Crippen LogP contribution in [0.3, 0.4) is 0 Å². The summed E-state index contributed by atoms with van der Waals surface area (Å²) in [4.78, 5) is 8.83. The van der Waals surface area contributed by atoms with E-state index in [4.69, 9.17) is 0 Å². The molecule has 0 aliphatic carbocycles. The van der Waals surface area contributed by atoms with Gasteiger partial charge in [0.15, 0.2) is 0 Å². The molecular weight excluding hydrogens is 324 g/mol. The van der Waals surface area contributed by atoms with Gasteiger partial charge >= 0.3 is 0 Å². The van der Waals surface area contributed by atoms with Crippen LogP contribution < -0.4 is 0 Å². The van der Waals surface area contributed by atoms with Crippen LogP contribution in [-0.2, 0) is 0 Å². The predicted octanol–water partition coefficient (Wildman–Crippen LogP) is 5.22. The quantitative estimate of drug-likeness (QED) is 0.638. The number of benzene rings is 3. The lowest BCUT2D eigenvalue weighted by atomic mass is 10.1. The fraction of sp³-hybridized carbons (Fsp3) is 0.0909. The van der Waals surface area contributed by atoms with Gasteiger partial charge in [-0.15, -0.1) is 0 Å². The largest absolute Gasteiger partial charge is 0.507 e. The zero-order valence-electron chi connectivity index (χ0n) is 14.7. The van der Waals surface area contributed by atoms with Gasteiger partial charge in [-0.2, -0.15) is 0 Å². The van der Waals surface area contributed by atoms with E-state index in [0.717, 1.165) is 22.5 Å². The van der Waals surface area contributed by atoms with E-state index in [2.05, 4.69) is 9.98 Å². The fourth-order valence-electron chi connectivity index (χ4n) is 2.50. The molecule has 0 aliphatic heterocycles. The standard InChI is InChI=1S/C22H20N2O2/c1-15-6-8-21(25)17(10-15)13-23-19-4-3-5-20(12-19)24-14-18-11-16(2)7-9-22(18)26/h3-14,25-26H,1-2H3. The summed E-state index contributed by atoms with van der Waals surface area (Å²) in [6.45, 7) is 3.93. The second-order valence-corrected chi connectivity index (χ2v) is 6.16. The Bertz CT molecular complexity index is 914. The third-order valence-corrected chi connectivity index (χ3v) is 3.90. The molecule has 0 heterocycles. The highest BCUT2D eigenvalue weighted by molar-refractivity contribution is 5.87. The molecule has 0 spiro atoms. The number of rotatable bonds is 4. The van der Waals surface area contributed by atoms with Crippen LogP contribution in [0.5, 0.6) is 11.5 Å². The van der Waals surface area contributed by atoms with Crippen molar-refractivity contribution in [2.45, 2.75) is 13.8 Å². The van der Waals surface area contributed by atoms with Crippen molar-refractivity contribution in [2.24, 2.45) is 9.98 Å². The molecule has 3 aromatic rings. The van der Waals surface area contributed by atoms with Crippen molar-refractivity contribution in [3.05, 3.63) is 82.9 Å². The summed E-state index contributed by atoms with van der Waals surface area (Å²) in [7, 11) is 0. The lowest BCUT2D eigenvalue weighted by Crippen LogP contribution is -1.84. The molecule has 0 saturated heterocycles. The number of phenolic OH excluding ortho intramolecular Hbond substituents is 2. The number of nitrogens with zero attached hydrogens (tertiary/aromatic N) is 2. The van der Waals surface area contributed by atoms with Crippen LogP contribution in [0.4, 0.5) is 11.4 Å². The summed E-state index contributed by atoms with van der Waals surface area (Å²) in [6, 6.07) is 18.2. The highest BCUT2D eigenvalue weighted by Gasteiger charge is 2.00. The summed E-state index contributed by atoms with van der Waals surface area (Å²) in [5.74, 6) is 0.395. The van der Waals surface area contributed by atoms with Gasteiger partial charge in [0.2, 0.25) is 0 Å². The van der Waals surface area contributed by atoms with Crippen LogP contribution >= 0.6 is 0 Å². The van der Waals surface area contributed by atoms with Crippen molar-refractivity contribution < 1.29 is 10.2 Å². The lowest BCUT2D eigenvalue weighted by molar-refractivity contribution is 0.474. The van der Waals surface area contributed by atoms with Crippen LogP contribution in [0.15, 0.2) is 70.6 Å². The summed E-state index contributed by atoms with van der Waals surface area (Å²) in [5, 5.41) is 19.8. The summed E-state index contributed by atoms with van der Waals surface area (Å²) in [6.07, 6.45) is 3.27. The first-order chi connectivity index (χ1) is 12.5. The Morgan fingerprint density at radius 1 is 0.654 bits per heavy atom. The van der Waals surface area contributed by atoms with E-state index in [1.165, 1.54) is 0 Å². The molecular formula is C22H20N2O2. The average Bonchev–Trinajstić information content (AvgIpc) is 2.63. The molecule has 4 nitrogen and oxygen atoms in total. The number of hydrogen-bond donors (Lipinski definition) is 2. The van der Waals surface area contributed by atoms with Gasteiger partial charge in [0, 0.05) is 23.6 Å². The molecule has 130 valence electrons. The molecule has 0 aromatic heterocycles. The van der Waals surface area contributed by atoms with Crippen LogP contribution in [0.2, 0.25) is 0 Å². The second kappa shape index (κ2) is 7.66. The predicted molar refractivity (Wildman–Crippen MR) is 107 cm³/mol. The van der Waals surface area contributed by atoms with Crippen molar-refractivity contribution in [2.75, 3.05) is 0 Å². The van der Waals surface area contributed by atoms with Gasteiger partial charge in [-0.1, -0.05) is 29.3 Å². The molecule has 0 radical (unpaired) electrons. The van der Waals surface area contributed by atoms with Crippen LogP contribution in [0.1, 0.15) is 22.3 Å². The molecule has 0 atom stereocenters. The van der Waals surface area contributed by atoms with E-state index >= 15 is 0 Å².